The third-order valence-electron chi connectivity index (χ3n) is 0. The maximum Gasteiger partial charge on any atom is -0.0149 e. The molecule has 0 aliphatic heterocycles. The van der Waals surface area contributed by atoms with Crippen LogP contribution in [0.4, 0.5) is 0 Å². The zero-order valence-corrected chi connectivity index (χ0v) is 3.00. The van der Waals surface area contributed by atoms with Crippen LogP contribution < -0.4 is 0 Å². The van der Waals surface area contributed by atoms with Gasteiger partial charge in [-0.05, 0) is 11.0 Å². The largest absolute Gasteiger partial charge is 0.0149 e. The molecule has 0 aromatic rings. The van der Waals surface area contributed by atoms with E-state index in [2.05, 4.69) is 0 Å². The standard InChI is InChI=1S/Li.2H2S.H4Si.H/h;2*1H2;1H4;. The molecule has 0 rings (SSSR count). The first-order chi connectivity index (χ1) is 0. The molecule has 4 heavy (non-hydrogen) atoms. The van der Waals surface area contributed by atoms with Crippen molar-refractivity contribution < 1.29 is 0 Å². The van der Waals surface area contributed by atoms with Crippen molar-refractivity contribution in [3.63, 3.8) is 0 Å². The molecule has 0 fully saturated rings. The minimum Gasteiger partial charge on any atom is -0.0149 e. The van der Waals surface area contributed by atoms with Crippen LogP contribution in [0.1, 0.15) is 0 Å². The fraction of sp³-hybridized carbons (Fsp3) is 0. The van der Waals surface area contributed by atoms with Crippen LogP contribution in [0.5, 0.6) is 0 Å². The fourth-order valence-corrected chi connectivity index (χ4v) is 0. The van der Waals surface area contributed by atoms with Crippen molar-refractivity contribution in [1.29, 1.82) is 0 Å². The van der Waals surface area contributed by atoms with Crippen LogP contribution in [-0.2, 0) is 0 Å². The van der Waals surface area contributed by atoms with E-state index >= 15 is 0 Å². The maximum absolute atomic E-state index is 0. The normalized spacial score (nSPS) is 0. The van der Waals surface area contributed by atoms with Crippen LogP contribution in [0.25, 0.3) is 0 Å². The molecule has 0 N–H and O–H groups in total. The Hall–Kier alpha value is 1.51. The zero-order chi connectivity index (χ0) is 0. The predicted molar refractivity (Wildman–Crippen MR) is 39.2 cm³/mol. The molecule has 0 aromatic carbocycles. The third-order valence-corrected chi connectivity index (χ3v) is 0. The molecule has 0 spiro atoms. The summed E-state index contributed by atoms with van der Waals surface area (Å²) in [6.45, 7) is 0. The number of hydrogen-bond acceptors (Lipinski definition) is 0. The quantitative estimate of drug-likeness (QED) is 0.319. The van der Waals surface area contributed by atoms with Crippen LogP contribution in [0.15, 0.2) is 0 Å². The smallest absolute Gasteiger partial charge is 0.0149 e. The van der Waals surface area contributed by atoms with Gasteiger partial charge in [0, 0.05) is 0 Å². The van der Waals surface area contributed by atoms with Crippen LogP contribution in [0.2, 0.25) is 0 Å². The summed E-state index contributed by atoms with van der Waals surface area (Å²) in [6.07, 6.45) is 0. The molecule has 0 bridgehead atoms. The van der Waals surface area contributed by atoms with E-state index in [1.807, 2.05) is 0 Å². The summed E-state index contributed by atoms with van der Waals surface area (Å²) < 4.78 is 0. The van der Waals surface area contributed by atoms with Gasteiger partial charge in [-0.1, -0.05) is 0 Å². The van der Waals surface area contributed by atoms with Crippen molar-refractivity contribution in [2.75, 3.05) is 0 Å². The Morgan fingerprint density at radius 2 is 0.750 bits per heavy atom. The summed E-state index contributed by atoms with van der Waals surface area (Å²) in [7, 11) is 0. The molecule has 0 nitrogen and oxygen atoms in total. The minimum atomic E-state index is 0. The molecule has 0 aromatic heterocycles. The Morgan fingerprint density at radius 3 is 0.750 bits per heavy atom. The van der Waals surface area contributed by atoms with Gasteiger partial charge in [-0.15, -0.1) is 0 Å². The van der Waals surface area contributed by atoms with E-state index in [1.165, 1.54) is 0 Å². The van der Waals surface area contributed by atoms with Gasteiger partial charge in [0.25, 0.3) is 0 Å². The van der Waals surface area contributed by atoms with E-state index in [0.717, 1.165) is 0 Å². The van der Waals surface area contributed by atoms with E-state index in [4.69, 9.17) is 0 Å². The second-order valence-electron chi connectivity index (χ2n) is 0. The van der Waals surface area contributed by atoms with Gasteiger partial charge in [-0.2, -0.15) is 27.0 Å². The van der Waals surface area contributed by atoms with E-state index in [-0.39, 0.29) is 56.8 Å². The van der Waals surface area contributed by atoms with Gasteiger partial charge in [-0.25, -0.2) is 0 Å². The summed E-state index contributed by atoms with van der Waals surface area (Å²) in [5.74, 6) is 0. The topological polar surface area (TPSA) is 0 Å². The SMILES string of the molecule is S.S.[LiH].[SiH4]. The molecule has 0 aliphatic rings. The molecular formula is H9LiS2Si. The Kier molecular flexibility index (Phi) is 298. The van der Waals surface area contributed by atoms with Crippen molar-refractivity contribution in [1.82, 2.24) is 0 Å². The van der Waals surface area contributed by atoms with Gasteiger partial charge in [0.1, 0.15) is 0 Å². The second kappa shape index (κ2) is 24.3. The van der Waals surface area contributed by atoms with Gasteiger partial charge < -0.3 is 0 Å². The van der Waals surface area contributed by atoms with Crippen LogP contribution in [0, 0.1) is 0 Å². The van der Waals surface area contributed by atoms with Gasteiger partial charge >= 0.3 is 18.9 Å². The van der Waals surface area contributed by atoms with Crippen molar-refractivity contribution in [2.45, 2.75) is 0 Å². The van der Waals surface area contributed by atoms with Crippen LogP contribution in [-0.4, -0.2) is 29.8 Å². The van der Waals surface area contributed by atoms with Crippen molar-refractivity contribution in [3.05, 3.63) is 0 Å². The Bertz CT molecular complexity index is 6.00. The van der Waals surface area contributed by atoms with Gasteiger partial charge in [0.05, 0.1) is 0 Å². The maximum atomic E-state index is 0. The first kappa shape index (κ1) is 49.0. The molecule has 0 radical (unpaired) electrons. The number of hydrogen-bond donors (Lipinski definition) is 0. The van der Waals surface area contributed by atoms with Crippen molar-refractivity contribution in [3.8, 4) is 0 Å². The Balaban J connectivity index is 0. The average molecular weight is 108 g/mol. The fourth-order valence-electron chi connectivity index (χ4n) is 0. The molecule has 0 saturated heterocycles. The predicted octanol–water partition coefficient (Wildman–Crippen LogP) is -1.87. The van der Waals surface area contributed by atoms with E-state index in [0.29, 0.717) is 0 Å². The summed E-state index contributed by atoms with van der Waals surface area (Å²) in [5, 5.41) is 0. The molecule has 0 atom stereocenters. The summed E-state index contributed by atoms with van der Waals surface area (Å²) in [6, 6.07) is 0. The van der Waals surface area contributed by atoms with Crippen molar-refractivity contribution >= 4 is 56.8 Å². The van der Waals surface area contributed by atoms with Gasteiger partial charge in [0.15, 0.2) is 0 Å². The van der Waals surface area contributed by atoms with Gasteiger partial charge in [-0.3, -0.25) is 0 Å². The Labute approximate surface area is 56.8 Å². The molecular weight excluding hydrogens is 99.2 g/mol. The monoisotopic (exact) mass is 108 g/mol. The first-order valence-corrected chi connectivity index (χ1v) is 0. The van der Waals surface area contributed by atoms with Crippen LogP contribution >= 0.6 is 27.0 Å². The second-order valence-corrected chi connectivity index (χ2v) is 0. The van der Waals surface area contributed by atoms with Crippen LogP contribution in [0.3, 0.4) is 0 Å². The first-order valence-electron chi connectivity index (χ1n) is 0. The molecule has 0 amide bonds. The molecule has 26 valence electrons. The average Bonchev–Trinajstić information content (AvgIpc) is 0. The third kappa shape index (κ3) is 9.69. The molecule has 4 heteroatoms. The molecule has 0 saturated carbocycles. The van der Waals surface area contributed by atoms with E-state index in [1.54, 1.807) is 0 Å². The van der Waals surface area contributed by atoms with Crippen molar-refractivity contribution in [2.24, 2.45) is 0 Å². The van der Waals surface area contributed by atoms with E-state index in [9.17, 15) is 0 Å². The summed E-state index contributed by atoms with van der Waals surface area (Å²) >= 11 is 0. The molecule has 0 aliphatic carbocycles. The Morgan fingerprint density at radius 1 is 0.750 bits per heavy atom. The minimum absolute atomic E-state index is 0. The number of rotatable bonds is 0. The van der Waals surface area contributed by atoms with Gasteiger partial charge in [0.2, 0.25) is 0 Å². The van der Waals surface area contributed by atoms with E-state index < -0.39 is 0 Å². The summed E-state index contributed by atoms with van der Waals surface area (Å²) in [5.41, 5.74) is 0. The zero-order valence-electron chi connectivity index (χ0n) is 1.00. The summed E-state index contributed by atoms with van der Waals surface area (Å²) in [4.78, 5) is 0. The molecule has 0 heterocycles. The molecule has 0 unspecified atom stereocenters.